The number of hydrogen-bond donors (Lipinski definition) is 3. The van der Waals surface area contributed by atoms with Crippen LogP contribution in [-0.2, 0) is 0 Å². The van der Waals surface area contributed by atoms with Gasteiger partial charge in [0, 0.05) is 10.2 Å². The molecule has 0 fully saturated rings. The highest BCUT2D eigenvalue weighted by Crippen LogP contribution is 2.25. The smallest absolute Gasteiger partial charge is 0.158 e. The molecule has 0 radical (unpaired) electrons. The maximum atomic E-state index is 8.30. The van der Waals surface area contributed by atoms with Crippen LogP contribution >= 0.6 is 27.5 Å². The van der Waals surface area contributed by atoms with Crippen LogP contribution in [-0.4, -0.2) is 17.6 Å². The Hall–Kier alpha value is -0.940. The van der Waals surface area contributed by atoms with E-state index in [1.807, 2.05) is 12.1 Å². The molecule has 0 atom stereocenters. The first-order chi connectivity index (χ1) is 6.63. The van der Waals surface area contributed by atoms with Crippen molar-refractivity contribution in [3.63, 3.8) is 0 Å². The predicted octanol–water partition coefficient (Wildman–Crippen LogP) is 2.26. The third kappa shape index (κ3) is 3.08. The average Bonchev–Trinajstić information content (AvgIpc) is 2.19. The molecular weight excluding hydrogens is 269 g/mol. The highest BCUT2D eigenvalue weighted by atomic mass is 79.9. The summed E-state index contributed by atoms with van der Waals surface area (Å²) in [6.45, 7) is 0.272. The van der Waals surface area contributed by atoms with Crippen LogP contribution in [0.25, 0.3) is 0 Å². The second kappa shape index (κ2) is 5.07. The molecule has 0 saturated carbocycles. The second-order valence-corrected chi connectivity index (χ2v) is 3.84. The van der Waals surface area contributed by atoms with Crippen LogP contribution in [0.3, 0.4) is 0 Å². The summed E-state index contributed by atoms with van der Waals surface area (Å²) in [6.07, 6.45) is 0. The minimum Gasteiger partial charge on any atom is -0.409 e. The van der Waals surface area contributed by atoms with E-state index in [0.29, 0.717) is 5.02 Å². The number of rotatable bonds is 3. The molecular formula is C8H9BrClN3O. The molecule has 0 unspecified atom stereocenters. The molecule has 6 heteroatoms. The first-order valence-corrected chi connectivity index (χ1v) is 4.96. The molecule has 1 aromatic carbocycles. The lowest BCUT2D eigenvalue weighted by Gasteiger charge is -2.05. The predicted molar refractivity (Wildman–Crippen MR) is 61.1 cm³/mol. The monoisotopic (exact) mass is 277 g/mol. The molecule has 0 amide bonds. The fraction of sp³-hybridized carbons (Fsp3) is 0.125. The Morgan fingerprint density at radius 3 is 2.93 bits per heavy atom. The van der Waals surface area contributed by atoms with E-state index >= 15 is 0 Å². The van der Waals surface area contributed by atoms with Crippen LogP contribution in [0, 0.1) is 0 Å². The highest BCUT2D eigenvalue weighted by Gasteiger charge is 1.99. The molecule has 0 saturated heterocycles. The number of halogens is 2. The Morgan fingerprint density at radius 1 is 1.64 bits per heavy atom. The Kier molecular flexibility index (Phi) is 4.03. The Bertz CT molecular complexity index is 356. The number of benzene rings is 1. The van der Waals surface area contributed by atoms with Gasteiger partial charge in [0.2, 0.25) is 0 Å². The minimum absolute atomic E-state index is 0.115. The van der Waals surface area contributed by atoms with Crippen LogP contribution in [0.15, 0.2) is 27.8 Å². The van der Waals surface area contributed by atoms with Crippen molar-refractivity contribution in [3.05, 3.63) is 27.7 Å². The molecule has 76 valence electrons. The summed E-state index contributed by atoms with van der Waals surface area (Å²) in [5.41, 5.74) is 6.09. The van der Waals surface area contributed by atoms with E-state index in [2.05, 4.69) is 26.4 Å². The number of anilines is 1. The lowest BCUT2D eigenvalue weighted by molar-refractivity contribution is 0.317. The van der Waals surface area contributed by atoms with E-state index in [1.165, 1.54) is 0 Å². The van der Waals surface area contributed by atoms with Gasteiger partial charge in [0.15, 0.2) is 5.84 Å². The van der Waals surface area contributed by atoms with Gasteiger partial charge in [-0.05, 0) is 34.1 Å². The summed E-state index contributed by atoms with van der Waals surface area (Å²) in [7, 11) is 0. The summed E-state index contributed by atoms with van der Waals surface area (Å²) in [6, 6.07) is 5.40. The Morgan fingerprint density at radius 2 is 2.36 bits per heavy atom. The minimum atomic E-state index is 0.115. The molecule has 0 bridgehead atoms. The number of oxime groups is 1. The van der Waals surface area contributed by atoms with E-state index in [9.17, 15) is 0 Å². The third-order valence-corrected chi connectivity index (χ3v) is 2.75. The molecule has 14 heavy (non-hydrogen) atoms. The lowest BCUT2D eigenvalue weighted by Crippen LogP contribution is -2.22. The molecule has 1 aromatic rings. The molecule has 0 aliphatic carbocycles. The SMILES string of the molecule is N/C(CNc1ccc(Br)c(Cl)c1)=N/O. The lowest BCUT2D eigenvalue weighted by atomic mass is 10.3. The van der Waals surface area contributed by atoms with Crippen molar-refractivity contribution in [2.24, 2.45) is 10.9 Å². The van der Waals surface area contributed by atoms with E-state index < -0.39 is 0 Å². The van der Waals surface area contributed by atoms with Crippen molar-refractivity contribution in [1.82, 2.24) is 0 Å². The zero-order valence-electron chi connectivity index (χ0n) is 7.17. The summed E-state index contributed by atoms with van der Waals surface area (Å²) in [5.74, 6) is 0.115. The van der Waals surface area contributed by atoms with Crippen LogP contribution in [0.4, 0.5) is 5.69 Å². The van der Waals surface area contributed by atoms with E-state index in [0.717, 1.165) is 10.2 Å². The van der Waals surface area contributed by atoms with Crippen molar-refractivity contribution >= 4 is 39.1 Å². The fourth-order valence-electron chi connectivity index (χ4n) is 0.834. The summed E-state index contributed by atoms with van der Waals surface area (Å²) < 4.78 is 0.827. The summed E-state index contributed by atoms with van der Waals surface area (Å²) in [4.78, 5) is 0. The maximum absolute atomic E-state index is 8.30. The summed E-state index contributed by atoms with van der Waals surface area (Å²) >= 11 is 9.14. The standard InChI is InChI=1S/C8H9BrClN3O/c9-6-2-1-5(3-7(6)10)12-4-8(11)13-14/h1-3,12,14H,4H2,(H2,11,13). The molecule has 0 aliphatic heterocycles. The van der Waals surface area contributed by atoms with Crippen LogP contribution in [0.2, 0.25) is 5.02 Å². The first kappa shape index (κ1) is 11.1. The van der Waals surface area contributed by atoms with Crippen molar-refractivity contribution < 1.29 is 5.21 Å². The largest absolute Gasteiger partial charge is 0.409 e. The Labute approximate surface area is 94.9 Å². The van der Waals surface area contributed by atoms with Crippen molar-refractivity contribution in [1.29, 1.82) is 0 Å². The number of nitrogens with one attached hydrogen (secondary N) is 1. The molecule has 4 N–H and O–H groups in total. The fourth-order valence-corrected chi connectivity index (χ4v) is 1.26. The van der Waals surface area contributed by atoms with Gasteiger partial charge in [-0.2, -0.15) is 0 Å². The topological polar surface area (TPSA) is 70.6 Å². The van der Waals surface area contributed by atoms with Crippen molar-refractivity contribution in [3.8, 4) is 0 Å². The molecule has 0 aromatic heterocycles. The molecule has 0 aliphatic rings. The summed E-state index contributed by atoms with van der Waals surface area (Å²) in [5, 5.41) is 14.7. The van der Waals surface area contributed by atoms with Gasteiger partial charge in [-0.15, -0.1) is 0 Å². The normalized spacial score (nSPS) is 11.4. The second-order valence-electron chi connectivity index (χ2n) is 2.57. The van der Waals surface area contributed by atoms with Gasteiger partial charge in [-0.25, -0.2) is 0 Å². The van der Waals surface area contributed by atoms with E-state index in [1.54, 1.807) is 6.07 Å². The molecule has 0 heterocycles. The number of nitrogens with zero attached hydrogens (tertiary/aromatic N) is 1. The zero-order chi connectivity index (χ0) is 10.6. The molecule has 4 nitrogen and oxygen atoms in total. The van der Waals surface area contributed by atoms with Gasteiger partial charge in [-0.1, -0.05) is 16.8 Å². The van der Waals surface area contributed by atoms with Crippen LogP contribution < -0.4 is 11.1 Å². The van der Waals surface area contributed by atoms with Gasteiger partial charge in [-0.3, -0.25) is 0 Å². The first-order valence-electron chi connectivity index (χ1n) is 3.79. The number of hydrogen-bond acceptors (Lipinski definition) is 3. The van der Waals surface area contributed by atoms with Crippen molar-refractivity contribution in [2.45, 2.75) is 0 Å². The van der Waals surface area contributed by atoms with Crippen LogP contribution in [0.1, 0.15) is 0 Å². The van der Waals surface area contributed by atoms with E-state index in [-0.39, 0.29) is 12.4 Å². The quantitative estimate of drug-likeness (QED) is 0.344. The van der Waals surface area contributed by atoms with Gasteiger partial charge in [0.1, 0.15) is 0 Å². The highest BCUT2D eigenvalue weighted by molar-refractivity contribution is 9.10. The van der Waals surface area contributed by atoms with Gasteiger partial charge < -0.3 is 16.3 Å². The van der Waals surface area contributed by atoms with Gasteiger partial charge in [0.25, 0.3) is 0 Å². The van der Waals surface area contributed by atoms with Crippen molar-refractivity contribution in [2.75, 3.05) is 11.9 Å². The van der Waals surface area contributed by atoms with Gasteiger partial charge in [0.05, 0.1) is 11.6 Å². The number of amidine groups is 1. The molecule has 0 spiro atoms. The maximum Gasteiger partial charge on any atom is 0.158 e. The van der Waals surface area contributed by atoms with E-state index in [4.69, 9.17) is 22.5 Å². The average molecular weight is 279 g/mol. The third-order valence-electron chi connectivity index (χ3n) is 1.52. The Balaban J connectivity index is 2.64. The number of nitrogens with two attached hydrogens (primary N) is 1. The zero-order valence-corrected chi connectivity index (χ0v) is 9.51. The van der Waals surface area contributed by atoms with Gasteiger partial charge >= 0.3 is 0 Å². The van der Waals surface area contributed by atoms with Crippen LogP contribution in [0.5, 0.6) is 0 Å². The molecule has 1 rings (SSSR count).